The number of aromatic nitrogens is 1. The van der Waals surface area contributed by atoms with Gasteiger partial charge in [-0.05, 0) is 139 Å². The van der Waals surface area contributed by atoms with Crippen molar-refractivity contribution in [2.24, 2.45) is 0 Å². The van der Waals surface area contributed by atoms with Gasteiger partial charge in [-0.15, -0.1) is 0 Å². The normalized spacial score (nSPS) is 12.5. The highest BCUT2D eigenvalue weighted by Crippen LogP contribution is 2.57. The Bertz CT molecular complexity index is 4150. The molecule has 1 aliphatic carbocycles. The van der Waals surface area contributed by atoms with Gasteiger partial charge in [0.1, 0.15) is 0 Å². The lowest BCUT2D eigenvalue weighted by Gasteiger charge is -2.35. The van der Waals surface area contributed by atoms with Crippen LogP contribution in [0.3, 0.4) is 0 Å². The van der Waals surface area contributed by atoms with E-state index in [0.717, 1.165) is 33.9 Å². The maximum atomic E-state index is 2.49. The van der Waals surface area contributed by atoms with Crippen molar-refractivity contribution in [3.8, 4) is 50.2 Å². The van der Waals surface area contributed by atoms with Crippen LogP contribution in [0.4, 0.5) is 17.1 Å². The Morgan fingerprint density at radius 2 is 0.795 bits per heavy atom. The molecule has 2 nitrogen and oxygen atoms in total. The van der Waals surface area contributed by atoms with Crippen LogP contribution < -0.4 is 4.90 Å². The number of benzene rings is 12. The molecule has 0 amide bonds. The second-order valence-electron chi connectivity index (χ2n) is 19.2. The molecule has 73 heavy (non-hydrogen) atoms. The lowest BCUT2D eigenvalue weighted by atomic mass is 9.67. The molecule has 1 aromatic heterocycles. The Hall–Kier alpha value is -9.50. The predicted octanol–water partition coefficient (Wildman–Crippen LogP) is 18.8. The number of nitrogens with zero attached hydrogens (tertiary/aromatic N) is 2. The minimum absolute atomic E-state index is 0.545. The summed E-state index contributed by atoms with van der Waals surface area (Å²) in [7, 11) is 0. The van der Waals surface area contributed by atoms with Gasteiger partial charge in [-0.25, -0.2) is 0 Å². The molecule has 342 valence electrons. The standard InChI is InChI=1S/C71H48N2/c1-5-21-49(22-6-1)59-42-44-69(63-35-14-13-33-60(59)63)72(58-40-41-62-61-34-15-17-37-66(61)71(67(62)48-58,54-26-7-2-8-27-54)55-28-9-3-10-29-55)57-32-20-25-52(46-57)50-23-19-24-51(45-50)53-39-43-70-65(47-53)64-36-16-18-38-68(64)73(70)56-30-11-4-12-31-56/h1-48H. The maximum absolute atomic E-state index is 2.49. The first-order valence-electron chi connectivity index (χ1n) is 25.2. The Morgan fingerprint density at radius 3 is 1.53 bits per heavy atom. The number of hydrogen-bond acceptors (Lipinski definition) is 1. The zero-order valence-electron chi connectivity index (χ0n) is 40.1. The van der Waals surface area contributed by atoms with Crippen molar-refractivity contribution in [1.82, 2.24) is 4.57 Å². The van der Waals surface area contributed by atoms with Crippen molar-refractivity contribution in [2.75, 3.05) is 4.90 Å². The summed E-state index contributed by atoms with van der Waals surface area (Å²) in [5.41, 5.74) is 21.0. The van der Waals surface area contributed by atoms with Crippen LogP contribution in [0.5, 0.6) is 0 Å². The van der Waals surface area contributed by atoms with Gasteiger partial charge in [0, 0.05) is 33.2 Å². The lowest BCUT2D eigenvalue weighted by Crippen LogP contribution is -2.28. The highest BCUT2D eigenvalue weighted by atomic mass is 15.1. The van der Waals surface area contributed by atoms with Crippen LogP contribution in [0, 0.1) is 0 Å². The van der Waals surface area contributed by atoms with Crippen LogP contribution in [-0.4, -0.2) is 4.57 Å². The Kier molecular flexibility index (Phi) is 10.1. The summed E-state index contributed by atoms with van der Waals surface area (Å²) >= 11 is 0. The molecule has 0 N–H and O–H groups in total. The quantitative estimate of drug-likeness (QED) is 0.140. The van der Waals surface area contributed by atoms with E-state index in [0.29, 0.717) is 0 Å². The van der Waals surface area contributed by atoms with Gasteiger partial charge in [0.2, 0.25) is 0 Å². The molecule has 0 fully saturated rings. The number of fused-ring (bicyclic) bond motifs is 7. The van der Waals surface area contributed by atoms with Crippen molar-refractivity contribution in [2.45, 2.75) is 5.41 Å². The number of anilines is 3. The minimum atomic E-state index is -0.545. The van der Waals surface area contributed by atoms with Gasteiger partial charge in [0.05, 0.1) is 22.1 Å². The fraction of sp³-hybridized carbons (Fsp3) is 0.0141. The largest absolute Gasteiger partial charge is 0.310 e. The molecule has 0 bridgehead atoms. The molecular weight excluding hydrogens is 881 g/mol. The molecule has 0 saturated heterocycles. The lowest BCUT2D eigenvalue weighted by molar-refractivity contribution is 0.768. The van der Waals surface area contributed by atoms with E-state index in [1.807, 2.05) is 0 Å². The first-order chi connectivity index (χ1) is 36.2. The Labute approximate surface area is 426 Å². The smallest absolute Gasteiger partial charge is 0.0714 e. The Balaban J connectivity index is 0.952. The summed E-state index contributed by atoms with van der Waals surface area (Å²) in [6.45, 7) is 0. The molecule has 2 heteroatoms. The number of para-hydroxylation sites is 2. The molecular formula is C71H48N2. The molecule has 14 rings (SSSR count). The fourth-order valence-corrected chi connectivity index (χ4v) is 12.1. The van der Waals surface area contributed by atoms with Gasteiger partial charge >= 0.3 is 0 Å². The second-order valence-corrected chi connectivity index (χ2v) is 19.2. The monoisotopic (exact) mass is 928 g/mol. The van der Waals surface area contributed by atoms with E-state index in [2.05, 4.69) is 301 Å². The van der Waals surface area contributed by atoms with Gasteiger partial charge < -0.3 is 9.47 Å². The highest BCUT2D eigenvalue weighted by Gasteiger charge is 2.46. The van der Waals surface area contributed by atoms with Gasteiger partial charge in [-0.3, -0.25) is 0 Å². The summed E-state index contributed by atoms with van der Waals surface area (Å²) in [5.74, 6) is 0. The van der Waals surface area contributed by atoms with E-state index in [4.69, 9.17) is 0 Å². The molecule has 1 heterocycles. The van der Waals surface area contributed by atoms with Crippen LogP contribution in [-0.2, 0) is 5.41 Å². The van der Waals surface area contributed by atoms with Crippen LogP contribution in [0.1, 0.15) is 22.3 Å². The third kappa shape index (κ3) is 6.87. The van der Waals surface area contributed by atoms with Gasteiger partial charge in [0.25, 0.3) is 0 Å². The van der Waals surface area contributed by atoms with Crippen molar-refractivity contribution in [3.05, 3.63) is 313 Å². The van der Waals surface area contributed by atoms with Crippen LogP contribution >= 0.6 is 0 Å². The first-order valence-corrected chi connectivity index (χ1v) is 25.2. The van der Waals surface area contributed by atoms with E-state index in [-0.39, 0.29) is 0 Å². The molecule has 13 aromatic rings. The predicted molar refractivity (Wildman–Crippen MR) is 307 cm³/mol. The summed E-state index contributed by atoms with van der Waals surface area (Å²) in [6.07, 6.45) is 0. The average Bonchev–Trinajstić information content (AvgIpc) is 4.00. The van der Waals surface area contributed by atoms with E-state index >= 15 is 0 Å². The van der Waals surface area contributed by atoms with E-state index < -0.39 is 5.41 Å². The maximum Gasteiger partial charge on any atom is 0.0714 e. The van der Waals surface area contributed by atoms with Gasteiger partial charge in [-0.2, -0.15) is 0 Å². The zero-order chi connectivity index (χ0) is 48.3. The summed E-state index contributed by atoms with van der Waals surface area (Å²) in [6, 6.07) is 107. The van der Waals surface area contributed by atoms with Crippen LogP contribution in [0.2, 0.25) is 0 Å². The van der Waals surface area contributed by atoms with Crippen molar-refractivity contribution < 1.29 is 0 Å². The summed E-state index contributed by atoms with van der Waals surface area (Å²) in [5, 5.41) is 4.88. The molecule has 0 unspecified atom stereocenters. The van der Waals surface area contributed by atoms with Gasteiger partial charge in [-0.1, -0.05) is 224 Å². The van der Waals surface area contributed by atoms with Gasteiger partial charge in [0.15, 0.2) is 0 Å². The fourth-order valence-electron chi connectivity index (χ4n) is 12.1. The van der Waals surface area contributed by atoms with Crippen molar-refractivity contribution in [1.29, 1.82) is 0 Å². The number of rotatable bonds is 9. The minimum Gasteiger partial charge on any atom is -0.310 e. The SMILES string of the molecule is c1ccc(-c2ccc(N(c3cccc(-c4cccc(-c5ccc6c(c5)c5ccccc5n6-c5ccccc5)c4)c3)c3ccc4c(c3)C(c3ccccc3)(c3ccccc3)c3ccccc3-4)c3ccccc23)cc1. The average molecular weight is 929 g/mol. The molecule has 1 aliphatic rings. The number of hydrogen-bond donors (Lipinski definition) is 0. The molecule has 0 atom stereocenters. The molecule has 0 spiro atoms. The van der Waals surface area contributed by atoms with Crippen molar-refractivity contribution in [3.63, 3.8) is 0 Å². The molecule has 0 saturated carbocycles. The molecule has 0 aliphatic heterocycles. The highest BCUT2D eigenvalue weighted by molar-refractivity contribution is 6.11. The third-order valence-corrected chi connectivity index (χ3v) is 15.2. The second kappa shape index (κ2) is 17.4. The van der Waals surface area contributed by atoms with Crippen LogP contribution in [0.15, 0.2) is 291 Å². The first kappa shape index (κ1) is 42.4. The summed E-state index contributed by atoms with van der Waals surface area (Å²) < 4.78 is 2.38. The molecule has 12 aromatic carbocycles. The van der Waals surface area contributed by atoms with E-state index in [1.165, 1.54) is 88.2 Å². The van der Waals surface area contributed by atoms with E-state index in [9.17, 15) is 0 Å². The van der Waals surface area contributed by atoms with Crippen molar-refractivity contribution >= 4 is 49.6 Å². The molecule has 0 radical (unpaired) electrons. The summed E-state index contributed by atoms with van der Waals surface area (Å²) in [4.78, 5) is 2.49. The Morgan fingerprint density at radius 1 is 0.274 bits per heavy atom. The van der Waals surface area contributed by atoms with E-state index in [1.54, 1.807) is 0 Å². The van der Waals surface area contributed by atoms with Crippen LogP contribution in [0.25, 0.3) is 82.8 Å². The zero-order valence-corrected chi connectivity index (χ0v) is 40.1. The topological polar surface area (TPSA) is 8.17 Å². The third-order valence-electron chi connectivity index (χ3n) is 15.2.